The molecule has 5 nitrogen and oxygen atoms in total. The van der Waals surface area contributed by atoms with Gasteiger partial charge in [-0.1, -0.05) is 24.3 Å². The topological polar surface area (TPSA) is 52.7 Å². The van der Waals surface area contributed by atoms with Gasteiger partial charge in [0.1, 0.15) is 0 Å². The number of anilines is 1. The van der Waals surface area contributed by atoms with Gasteiger partial charge in [-0.05, 0) is 68.2 Å². The Morgan fingerprint density at radius 3 is 2.48 bits per heavy atom. The van der Waals surface area contributed by atoms with Crippen LogP contribution in [0.1, 0.15) is 19.3 Å². The Balaban J connectivity index is 1.73. The molecule has 1 N–H and O–H groups in total. The van der Waals surface area contributed by atoms with Crippen LogP contribution in [-0.2, 0) is 10.0 Å². The molecule has 1 aliphatic rings. The maximum absolute atomic E-state index is 12.7. The number of likely N-dealkylation sites (tertiary alicyclic amines) is 1. The van der Waals surface area contributed by atoms with Gasteiger partial charge in [-0.2, -0.15) is 0 Å². The molecule has 0 saturated carbocycles. The summed E-state index contributed by atoms with van der Waals surface area (Å²) in [5.74, 6) is 0. The summed E-state index contributed by atoms with van der Waals surface area (Å²) in [5, 5.41) is 0. The molecule has 146 valence electrons. The van der Waals surface area contributed by atoms with E-state index in [1.807, 2.05) is 43.3 Å². The van der Waals surface area contributed by atoms with Crippen molar-refractivity contribution in [1.82, 2.24) is 9.62 Å². The van der Waals surface area contributed by atoms with Gasteiger partial charge in [0, 0.05) is 32.4 Å². The van der Waals surface area contributed by atoms with Crippen molar-refractivity contribution in [3.63, 3.8) is 0 Å². The van der Waals surface area contributed by atoms with Crippen LogP contribution < -0.4 is 9.62 Å². The maximum atomic E-state index is 12.7. The summed E-state index contributed by atoms with van der Waals surface area (Å²) < 4.78 is 28.2. The van der Waals surface area contributed by atoms with Gasteiger partial charge in [0.25, 0.3) is 0 Å². The number of hydrogen-bond acceptors (Lipinski definition) is 4. The Hall–Kier alpha value is -1.89. The van der Waals surface area contributed by atoms with Crippen molar-refractivity contribution in [2.45, 2.75) is 30.2 Å². The normalized spacial score (nSPS) is 18.0. The third-order valence-electron chi connectivity index (χ3n) is 5.28. The molecule has 6 heteroatoms. The Morgan fingerprint density at radius 2 is 1.81 bits per heavy atom. The van der Waals surface area contributed by atoms with Crippen LogP contribution in [0.4, 0.5) is 5.69 Å². The molecule has 0 radical (unpaired) electrons. The molecule has 2 aromatic rings. The molecule has 1 saturated heterocycles. The molecule has 2 aromatic carbocycles. The van der Waals surface area contributed by atoms with Crippen molar-refractivity contribution >= 4 is 15.7 Å². The van der Waals surface area contributed by atoms with Gasteiger partial charge in [0.05, 0.1) is 4.90 Å². The SMILES string of the molecule is CN(C)c1cccc(-c2cccc(S(=O)(=O)NCCC3CCCN3C)c2)c1. The van der Waals surface area contributed by atoms with Crippen molar-refractivity contribution in [3.05, 3.63) is 48.5 Å². The van der Waals surface area contributed by atoms with E-state index in [1.54, 1.807) is 18.2 Å². The van der Waals surface area contributed by atoms with E-state index in [4.69, 9.17) is 0 Å². The zero-order chi connectivity index (χ0) is 19.4. The second-order valence-corrected chi connectivity index (χ2v) is 9.20. The van der Waals surface area contributed by atoms with Gasteiger partial charge in [-0.3, -0.25) is 0 Å². The van der Waals surface area contributed by atoms with Crippen LogP contribution in [0.3, 0.4) is 0 Å². The van der Waals surface area contributed by atoms with E-state index in [1.165, 1.54) is 6.42 Å². The van der Waals surface area contributed by atoms with Gasteiger partial charge in [-0.25, -0.2) is 13.1 Å². The Kier molecular flexibility index (Phi) is 6.19. The minimum Gasteiger partial charge on any atom is -0.378 e. The lowest BCUT2D eigenvalue weighted by molar-refractivity contribution is 0.297. The summed E-state index contributed by atoms with van der Waals surface area (Å²) in [7, 11) is 2.59. The van der Waals surface area contributed by atoms with E-state index in [9.17, 15) is 8.42 Å². The minimum absolute atomic E-state index is 0.315. The first-order valence-electron chi connectivity index (χ1n) is 9.44. The van der Waals surface area contributed by atoms with Crippen LogP contribution >= 0.6 is 0 Å². The van der Waals surface area contributed by atoms with Gasteiger partial charge in [0.15, 0.2) is 0 Å². The molecular weight excluding hydrogens is 358 g/mol. The lowest BCUT2D eigenvalue weighted by atomic mass is 10.1. The average Bonchev–Trinajstić information content (AvgIpc) is 3.07. The highest BCUT2D eigenvalue weighted by atomic mass is 32.2. The Morgan fingerprint density at radius 1 is 1.11 bits per heavy atom. The largest absolute Gasteiger partial charge is 0.378 e. The van der Waals surface area contributed by atoms with Crippen LogP contribution in [-0.4, -0.2) is 53.6 Å². The molecule has 0 spiro atoms. The van der Waals surface area contributed by atoms with E-state index >= 15 is 0 Å². The Labute approximate surface area is 163 Å². The highest BCUT2D eigenvalue weighted by Gasteiger charge is 2.21. The summed E-state index contributed by atoms with van der Waals surface area (Å²) in [6.45, 7) is 1.57. The summed E-state index contributed by atoms with van der Waals surface area (Å²) in [6.07, 6.45) is 3.19. The molecule has 1 atom stereocenters. The van der Waals surface area contributed by atoms with Gasteiger partial charge >= 0.3 is 0 Å². The Bertz CT molecular complexity index is 881. The summed E-state index contributed by atoms with van der Waals surface area (Å²) in [4.78, 5) is 4.66. The minimum atomic E-state index is -3.51. The molecule has 1 unspecified atom stereocenters. The third-order valence-corrected chi connectivity index (χ3v) is 6.74. The zero-order valence-corrected chi connectivity index (χ0v) is 17.2. The first-order chi connectivity index (χ1) is 12.9. The summed E-state index contributed by atoms with van der Waals surface area (Å²) >= 11 is 0. The van der Waals surface area contributed by atoms with Crippen molar-refractivity contribution in [2.24, 2.45) is 0 Å². The number of rotatable bonds is 7. The van der Waals surface area contributed by atoms with Gasteiger partial charge in [-0.15, -0.1) is 0 Å². The van der Waals surface area contributed by atoms with Crippen molar-refractivity contribution in [2.75, 3.05) is 39.1 Å². The van der Waals surface area contributed by atoms with Crippen LogP contribution in [0.5, 0.6) is 0 Å². The maximum Gasteiger partial charge on any atom is 0.240 e. The number of hydrogen-bond donors (Lipinski definition) is 1. The van der Waals surface area contributed by atoms with Crippen LogP contribution in [0, 0.1) is 0 Å². The fourth-order valence-electron chi connectivity index (χ4n) is 3.59. The molecule has 27 heavy (non-hydrogen) atoms. The quantitative estimate of drug-likeness (QED) is 0.793. The van der Waals surface area contributed by atoms with Crippen molar-refractivity contribution < 1.29 is 8.42 Å². The molecule has 0 aliphatic carbocycles. The van der Waals surface area contributed by atoms with E-state index in [-0.39, 0.29) is 0 Å². The fourth-order valence-corrected chi connectivity index (χ4v) is 4.69. The second kappa shape index (κ2) is 8.42. The summed E-state index contributed by atoms with van der Waals surface area (Å²) in [5.41, 5.74) is 2.99. The monoisotopic (exact) mass is 387 g/mol. The predicted molar refractivity (Wildman–Crippen MR) is 112 cm³/mol. The first-order valence-corrected chi connectivity index (χ1v) is 10.9. The number of sulfonamides is 1. The standard InChI is InChI=1S/C21H29N3O2S/c1-23(2)20-9-4-7-17(15-20)18-8-5-11-21(16-18)27(25,26)22-13-12-19-10-6-14-24(19)3/h4-5,7-9,11,15-16,19,22H,6,10,12-14H2,1-3H3. The zero-order valence-electron chi connectivity index (χ0n) is 16.4. The molecular formula is C21H29N3O2S. The van der Waals surface area contributed by atoms with Crippen LogP contribution in [0.15, 0.2) is 53.4 Å². The van der Waals surface area contributed by atoms with Crippen LogP contribution in [0.2, 0.25) is 0 Å². The molecule has 1 fully saturated rings. The highest BCUT2D eigenvalue weighted by molar-refractivity contribution is 7.89. The average molecular weight is 388 g/mol. The highest BCUT2D eigenvalue weighted by Crippen LogP contribution is 2.26. The summed E-state index contributed by atoms with van der Waals surface area (Å²) in [6, 6.07) is 15.7. The first kappa shape index (κ1) is 19.9. The molecule has 0 amide bonds. The van der Waals surface area contributed by atoms with E-state index in [2.05, 4.69) is 22.7 Å². The molecule has 1 aliphatic heterocycles. The fraction of sp³-hybridized carbons (Fsp3) is 0.429. The second-order valence-electron chi connectivity index (χ2n) is 7.44. The number of nitrogens with zero attached hydrogens (tertiary/aromatic N) is 2. The van der Waals surface area contributed by atoms with Gasteiger partial charge < -0.3 is 9.80 Å². The molecule has 0 aromatic heterocycles. The lowest BCUT2D eigenvalue weighted by Gasteiger charge is -2.19. The number of nitrogens with one attached hydrogen (secondary N) is 1. The van der Waals surface area contributed by atoms with Crippen molar-refractivity contribution in [1.29, 1.82) is 0 Å². The van der Waals surface area contributed by atoms with Gasteiger partial charge in [0.2, 0.25) is 10.0 Å². The molecule has 1 heterocycles. The third kappa shape index (κ3) is 4.89. The molecule has 3 rings (SSSR count). The number of benzene rings is 2. The van der Waals surface area contributed by atoms with E-state index < -0.39 is 10.0 Å². The molecule has 0 bridgehead atoms. The van der Waals surface area contributed by atoms with Crippen molar-refractivity contribution in [3.8, 4) is 11.1 Å². The predicted octanol–water partition coefficient (Wildman–Crippen LogP) is 3.18. The lowest BCUT2D eigenvalue weighted by Crippen LogP contribution is -2.31. The smallest absolute Gasteiger partial charge is 0.240 e. The van der Waals surface area contributed by atoms with Crippen LogP contribution in [0.25, 0.3) is 11.1 Å². The van der Waals surface area contributed by atoms with E-state index in [0.717, 1.165) is 36.2 Å². The van der Waals surface area contributed by atoms with E-state index in [0.29, 0.717) is 17.5 Å².